The Kier molecular flexibility index (Phi) is 5.61. The van der Waals surface area contributed by atoms with Crippen molar-refractivity contribution < 1.29 is 24.5 Å². The van der Waals surface area contributed by atoms with Crippen LogP contribution in [-0.4, -0.2) is 34.3 Å². The Hall–Kier alpha value is -1.64. The Morgan fingerprint density at radius 2 is 1.83 bits per heavy atom. The topological polar surface area (TPSA) is 110 Å². The van der Waals surface area contributed by atoms with E-state index < -0.39 is 24.1 Å². The number of nitrogens with two attached hydrogens (primary N) is 1. The second kappa shape index (κ2) is 7.29. The first-order chi connectivity index (χ1) is 10.8. The first-order valence-corrected chi connectivity index (χ1v) is 8.14. The van der Waals surface area contributed by atoms with Crippen LogP contribution in [0.15, 0.2) is 39.3 Å². The lowest BCUT2D eigenvalue weighted by Gasteiger charge is -2.18. The van der Waals surface area contributed by atoms with Crippen molar-refractivity contribution in [1.82, 2.24) is 0 Å². The van der Waals surface area contributed by atoms with E-state index in [9.17, 15) is 14.7 Å². The number of rotatable bonds is 6. The Bertz CT molecular complexity index is 765. The van der Waals surface area contributed by atoms with E-state index in [0.717, 1.165) is 15.2 Å². The first-order valence-electron chi connectivity index (χ1n) is 6.55. The van der Waals surface area contributed by atoms with Crippen LogP contribution >= 0.6 is 31.9 Å². The van der Waals surface area contributed by atoms with Gasteiger partial charge in [-0.3, -0.25) is 4.79 Å². The van der Waals surface area contributed by atoms with Crippen molar-refractivity contribution in [3.63, 3.8) is 0 Å². The third-order valence-corrected chi connectivity index (χ3v) is 4.52. The Balaban J connectivity index is 2.31. The van der Waals surface area contributed by atoms with Crippen molar-refractivity contribution >= 4 is 54.6 Å². The molecule has 2 unspecified atom stereocenters. The fourth-order valence-corrected chi connectivity index (χ4v) is 2.98. The van der Waals surface area contributed by atoms with Gasteiger partial charge in [0, 0.05) is 10.9 Å². The van der Waals surface area contributed by atoms with Crippen molar-refractivity contribution in [1.29, 1.82) is 0 Å². The molecule has 0 aromatic heterocycles. The molecule has 0 amide bonds. The highest BCUT2D eigenvalue weighted by Gasteiger charge is 2.27. The fourth-order valence-electron chi connectivity index (χ4n) is 2.02. The van der Waals surface area contributed by atoms with Gasteiger partial charge in [-0.2, -0.15) is 0 Å². The lowest BCUT2D eigenvalue weighted by atomic mass is 10.1. The number of carboxylic acid groups (broad SMARTS) is 2. The number of hydrogen-bond donors (Lipinski definition) is 3. The molecule has 0 aliphatic heterocycles. The second-order valence-corrected chi connectivity index (χ2v) is 6.58. The van der Waals surface area contributed by atoms with Gasteiger partial charge >= 0.3 is 11.9 Å². The molecular formula is C15H13Br2NO5. The fraction of sp³-hybridized carbons (Fsp3) is 0.200. The van der Waals surface area contributed by atoms with Crippen LogP contribution in [0.2, 0.25) is 0 Å². The molecule has 122 valence electrons. The van der Waals surface area contributed by atoms with Crippen molar-refractivity contribution in [3.05, 3.63) is 39.3 Å². The van der Waals surface area contributed by atoms with Crippen LogP contribution in [-0.2, 0) is 9.59 Å². The molecule has 0 aliphatic carbocycles. The highest BCUT2D eigenvalue weighted by Crippen LogP contribution is 2.35. The molecule has 0 fully saturated rings. The molecule has 4 N–H and O–H groups in total. The number of carboxylic acids is 2. The largest absolute Gasteiger partial charge is 0.480 e. The molecule has 2 aromatic carbocycles. The quantitative estimate of drug-likeness (QED) is 0.629. The summed E-state index contributed by atoms with van der Waals surface area (Å²) in [5.74, 6) is -2.24. The summed E-state index contributed by atoms with van der Waals surface area (Å²) in [5, 5.41) is 19.8. The van der Waals surface area contributed by atoms with Gasteiger partial charge in [0.25, 0.3) is 0 Å². The number of hydrogen-bond acceptors (Lipinski definition) is 4. The van der Waals surface area contributed by atoms with E-state index in [-0.39, 0.29) is 6.42 Å². The molecule has 0 spiro atoms. The molecule has 6 nitrogen and oxygen atoms in total. The van der Waals surface area contributed by atoms with Crippen molar-refractivity contribution in [3.8, 4) is 5.75 Å². The Labute approximate surface area is 148 Å². The van der Waals surface area contributed by atoms with Crippen LogP contribution < -0.4 is 10.5 Å². The average molecular weight is 447 g/mol. The molecule has 0 aliphatic rings. The number of benzene rings is 2. The summed E-state index contributed by atoms with van der Waals surface area (Å²) >= 11 is 6.78. The van der Waals surface area contributed by atoms with Crippen molar-refractivity contribution in [2.75, 3.05) is 0 Å². The maximum atomic E-state index is 11.3. The standard InChI is InChI=1S/C15H13Br2NO5/c16-8-2-3-9-7(5-8)1-4-11(13(9)17)23-12(15(21)22)6-10(18)14(19)20/h1-5,10,12H,6,18H2,(H,19,20)(H,21,22). The van der Waals surface area contributed by atoms with E-state index in [1.54, 1.807) is 12.1 Å². The van der Waals surface area contributed by atoms with Gasteiger partial charge in [-0.1, -0.05) is 28.1 Å². The van der Waals surface area contributed by atoms with Crippen LogP contribution in [0.3, 0.4) is 0 Å². The van der Waals surface area contributed by atoms with Crippen molar-refractivity contribution in [2.45, 2.75) is 18.6 Å². The number of aliphatic carboxylic acids is 2. The molecule has 2 rings (SSSR count). The molecule has 2 aromatic rings. The van der Waals surface area contributed by atoms with Gasteiger partial charge in [-0.15, -0.1) is 0 Å². The molecular weight excluding hydrogens is 434 g/mol. The van der Waals surface area contributed by atoms with Gasteiger partial charge in [0.15, 0.2) is 6.10 Å². The summed E-state index contributed by atoms with van der Waals surface area (Å²) in [6.07, 6.45) is -1.69. The maximum absolute atomic E-state index is 11.3. The van der Waals surface area contributed by atoms with Crippen LogP contribution in [0.25, 0.3) is 10.8 Å². The van der Waals surface area contributed by atoms with Gasteiger partial charge in [-0.25, -0.2) is 4.79 Å². The zero-order chi connectivity index (χ0) is 17.1. The van der Waals surface area contributed by atoms with Crippen molar-refractivity contribution in [2.24, 2.45) is 5.73 Å². The third-order valence-electron chi connectivity index (χ3n) is 3.21. The van der Waals surface area contributed by atoms with Gasteiger partial charge in [0.05, 0.1) is 4.47 Å². The smallest absolute Gasteiger partial charge is 0.344 e. The Morgan fingerprint density at radius 1 is 1.13 bits per heavy atom. The number of fused-ring (bicyclic) bond motifs is 1. The number of ether oxygens (including phenoxy) is 1. The summed E-state index contributed by atoms with van der Waals surface area (Å²) in [4.78, 5) is 22.1. The highest BCUT2D eigenvalue weighted by atomic mass is 79.9. The molecule has 0 heterocycles. The highest BCUT2D eigenvalue weighted by molar-refractivity contribution is 9.11. The average Bonchev–Trinajstić information content (AvgIpc) is 2.48. The minimum absolute atomic E-state index is 0.310. The van der Waals surface area contributed by atoms with Crippen LogP contribution in [0.5, 0.6) is 5.75 Å². The molecule has 23 heavy (non-hydrogen) atoms. The maximum Gasteiger partial charge on any atom is 0.344 e. The molecule has 0 saturated carbocycles. The Morgan fingerprint density at radius 3 is 2.43 bits per heavy atom. The normalized spacial score (nSPS) is 13.5. The molecule has 0 radical (unpaired) electrons. The zero-order valence-corrected chi connectivity index (χ0v) is 14.9. The minimum Gasteiger partial charge on any atom is -0.480 e. The molecule has 8 heteroatoms. The lowest BCUT2D eigenvalue weighted by molar-refractivity contribution is -0.146. The van der Waals surface area contributed by atoms with Crippen LogP contribution in [0.1, 0.15) is 6.42 Å². The summed E-state index contributed by atoms with van der Waals surface area (Å²) in [6.45, 7) is 0. The molecule has 2 atom stereocenters. The van der Waals surface area contributed by atoms with E-state index >= 15 is 0 Å². The summed E-state index contributed by atoms with van der Waals surface area (Å²) in [6, 6.07) is 7.73. The predicted molar refractivity (Wildman–Crippen MR) is 91.6 cm³/mol. The first kappa shape index (κ1) is 17.7. The SMILES string of the molecule is NC(CC(Oc1ccc2cc(Br)ccc2c1Br)C(=O)O)C(=O)O. The zero-order valence-electron chi connectivity index (χ0n) is 11.7. The summed E-state index contributed by atoms with van der Waals surface area (Å²) < 4.78 is 6.98. The molecule has 0 bridgehead atoms. The van der Waals surface area contributed by atoms with E-state index in [0.29, 0.717) is 10.2 Å². The van der Waals surface area contributed by atoms with Gasteiger partial charge in [0.2, 0.25) is 0 Å². The summed E-state index contributed by atoms with van der Waals surface area (Å²) in [7, 11) is 0. The van der Waals surface area contributed by atoms with Crippen LogP contribution in [0, 0.1) is 0 Å². The van der Waals surface area contributed by atoms with E-state index in [2.05, 4.69) is 31.9 Å². The van der Waals surface area contributed by atoms with E-state index in [4.69, 9.17) is 15.6 Å². The summed E-state index contributed by atoms with van der Waals surface area (Å²) in [5.41, 5.74) is 5.39. The molecule has 0 saturated heterocycles. The van der Waals surface area contributed by atoms with Gasteiger partial charge < -0.3 is 20.7 Å². The third kappa shape index (κ3) is 4.21. The van der Waals surface area contributed by atoms with Crippen LogP contribution in [0.4, 0.5) is 0 Å². The number of halogens is 2. The van der Waals surface area contributed by atoms with E-state index in [1.165, 1.54) is 0 Å². The number of carbonyl (C=O) groups is 2. The second-order valence-electron chi connectivity index (χ2n) is 4.87. The predicted octanol–water partition coefficient (Wildman–Crippen LogP) is 3.00. The minimum atomic E-state index is -1.36. The van der Waals surface area contributed by atoms with E-state index in [1.807, 2.05) is 18.2 Å². The van der Waals surface area contributed by atoms with Gasteiger partial charge in [-0.05, 0) is 44.9 Å². The van der Waals surface area contributed by atoms with Gasteiger partial charge in [0.1, 0.15) is 11.8 Å². The lowest BCUT2D eigenvalue weighted by Crippen LogP contribution is -2.39. The monoisotopic (exact) mass is 445 g/mol.